The Morgan fingerprint density at radius 1 is 1.35 bits per heavy atom. The molecule has 0 spiro atoms. The Bertz CT molecular complexity index is 966. The number of imidazole rings is 1. The maximum atomic E-state index is 13.3. The smallest absolute Gasteiger partial charge is 0.391 e. The average Bonchev–Trinajstić information content (AvgIpc) is 3.32. The van der Waals surface area contributed by atoms with Gasteiger partial charge >= 0.3 is 6.18 Å². The maximum absolute atomic E-state index is 13.3. The van der Waals surface area contributed by atoms with Gasteiger partial charge in [0.05, 0.1) is 17.9 Å². The molecule has 0 aliphatic carbocycles. The van der Waals surface area contributed by atoms with E-state index in [1.807, 2.05) is 0 Å². The molecule has 136 valence electrons. The quantitative estimate of drug-likeness (QED) is 0.735. The van der Waals surface area contributed by atoms with E-state index < -0.39 is 23.8 Å². The minimum atomic E-state index is -4.61. The summed E-state index contributed by atoms with van der Waals surface area (Å²) in [6, 6.07) is 0.908. The Hall–Kier alpha value is -2.95. The first-order valence-corrected chi connectivity index (χ1v) is 7.75. The zero-order valence-corrected chi connectivity index (χ0v) is 13.3. The summed E-state index contributed by atoms with van der Waals surface area (Å²) >= 11 is 0. The summed E-state index contributed by atoms with van der Waals surface area (Å²) in [5, 5.41) is 13.5. The molecule has 4 heterocycles. The number of aromatic nitrogens is 5. The van der Waals surface area contributed by atoms with E-state index in [9.17, 15) is 23.1 Å². The summed E-state index contributed by atoms with van der Waals surface area (Å²) in [6.45, 7) is 0.475. The zero-order chi connectivity index (χ0) is 18.5. The minimum absolute atomic E-state index is 0.0124. The molecule has 11 heteroatoms. The molecule has 8 nitrogen and oxygen atoms in total. The molecule has 1 fully saturated rings. The summed E-state index contributed by atoms with van der Waals surface area (Å²) in [5.41, 5.74) is -0.755. The first-order chi connectivity index (χ1) is 12.3. The second-order valence-electron chi connectivity index (χ2n) is 5.98. The zero-order valence-electron chi connectivity index (χ0n) is 13.3. The third kappa shape index (κ3) is 2.69. The van der Waals surface area contributed by atoms with Crippen molar-refractivity contribution in [1.29, 1.82) is 0 Å². The number of halogens is 3. The van der Waals surface area contributed by atoms with Gasteiger partial charge in [-0.1, -0.05) is 0 Å². The Balaban J connectivity index is 1.88. The van der Waals surface area contributed by atoms with E-state index in [0.717, 1.165) is 21.3 Å². The number of hydrogen-bond acceptors (Lipinski definition) is 5. The van der Waals surface area contributed by atoms with Crippen LogP contribution in [0.3, 0.4) is 0 Å². The molecule has 1 saturated heterocycles. The number of hydrogen-bond donors (Lipinski definition) is 1. The average molecular weight is 366 g/mol. The summed E-state index contributed by atoms with van der Waals surface area (Å²) < 4.78 is 42.2. The van der Waals surface area contributed by atoms with Crippen LogP contribution in [0.25, 0.3) is 11.3 Å². The molecular formula is C15H13F3N6O2. The van der Waals surface area contributed by atoms with Gasteiger partial charge in [-0.05, 0) is 12.5 Å². The summed E-state index contributed by atoms with van der Waals surface area (Å²) in [4.78, 5) is 21.9. The highest BCUT2D eigenvalue weighted by atomic mass is 19.4. The maximum Gasteiger partial charge on any atom is 0.417 e. The first kappa shape index (κ1) is 16.5. The van der Waals surface area contributed by atoms with Gasteiger partial charge in [0.25, 0.3) is 5.91 Å². The number of nitrogens with zero attached hydrogens (tertiary/aromatic N) is 6. The molecule has 1 atom stereocenters. The van der Waals surface area contributed by atoms with Gasteiger partial charge in [-0.15, -0.1) is 0 Å². The van der Waals surface area contributed by atoms with Gasteiger partial charge in [0.15, 0.2) is 5.65 Å². The van der Waals surface area contributed by atoms with Crippen molar-refractivity contribution in [3.63, 3.8) is 0 Å². The Morgan fingerprint density at radius 3 is 2.77 bits per heavy atom. The van der Waals surface area contributed by atoms with Crippen molar-refractivity contribution in [2.24, 2.45) is 0 Å². The molecule has 1 aliphatic rings. The van der Waals surface area contributed by atoms with Crippen molar-refractivity contribution in [2.75, 3.05) is 13.1 Å². The number of fused-ring (bicyclic) bond motifs is 1. The van der Waals surface area contributed by atoms with Crippen LogP contribution in [0.1, 0.15) is 22.5 Å². The van der Waals surface area contributed by atoms with Gasteiger partial charge in [-0.3, -0.25) is 9.20 Å². The van der Waals surface area contributed by atoms with Crippen molar-refractivity contribution >= 4 is 11.6 Å². The number of likely N-dealkylation sites (tertiary alicyclic amines) is 1. The van der Waals surface area contributed by atoms with Crippen LogP contribution in [0.5, 0.6) is 0 Å². The van der Waals surface area contributed by atoms with Gasteiger partial charge in [0.2, 0.25) is 0 Å². The predicted octanol–water partition coefficient (Wildman–Crippen LogP) is 1.14. The Kier molecular flexibility index (Phi) is 3.68. The van der Waals surface area contributed by atoms with Crippen LogP contribution in [-0.2, 0) is 6.18 Å². The SMILES string of the molecule is O=C(c1cnc2c(-n3cncn3)cc(C(F)(F)F)cn12)N1CC[C@H](O)C1. The first-order valence-electron chi connectivity index (χ1n) is 7.75. The molecule has 1 amide bonds. The molecule has 0 bridgehead atoms. The van der Waals surface area contributed by atoms with Crippen LogP contribution in [-0.4, -0.2) is 59.3 Å². The lowest BCUT2D eigenvalue weighted by Crippen LogP contribution is -2.30. The number of rotatable bonds is 2. The standard InChI is InChI=1S/C15H13F3N6O2/c16-15(17,18)9-3-11(24-8-19-7-21-24)13-20-4-12(23(13)5-9)14(26)22-2-1-10(25)6-22/h3-5,7-8,10,25H,1-2,6H2/t10-/m0/s1. The molecule has 0 unspecified atom stereocenters. The number of amides is 1. The van der Waals surface area contributed by atoms with Crippen molar-refractivity contribution in [1.82, 2.24) is 29.0 Å². The number of carbonyl (C=O) groups is 1. The van der Waals surface area contributed by atoms with E-state index in [1.165, 1.54) is 23.8 Å². The largest absolute Gasteiger partial charge is 0.417 e. The van der Waals surface area contributed by atoms with Crippen molar-refractivity contribution in [2.45, 2.75) is 18.7 Å². The van der Waals surface area contributed by atoms with E-state index in [0.29, 0.717) is 13.0 Å². The van der Waals surface area contributed by atoms with E-state index in [4.69, 9.17) is 0 Å². The molecule has 1 N–H and O–H groups in total. The van der Waals surface area contributed by atoms with Gasteiger partial charge < -0.3 is 10.0 Å². The lowest BCUT2D eigenvalue weighted by atomic mass is 10.2. The Morgan fingerprint density at radius 2 is 2.15 bits per heavy atom. The van der Waals surface area contributed by atoms with Crippen LogP contribution >= 0.6 is 0 Å². The second-order valence-corrected chi connectivity index (χ2v) is 5.98. The van der Waals surface area contributed by atoms with Crippen LogP contribution in [0, 0.1) is 0 Å². The molecule has 3 aromatic rings. The molecule has 0 aromatic carbocycles. The minimum Gasteiger partial charge on any atom is -0.391 e. The highest BCUT2D eigenvalue weighted by molar-refractivity contribution is 5.94. The monoisotopic (exact) mass is 366 g/mol. The number of aliphatic hydroxyl groups is 1. The van der Waals surface area contributed by atoms with Crippen molar-refractivity contribution in [3.05, 3.63) is 42.4 Å². The number of β-amino-alcohol motifs (C(OH)–C–C–N with tert-alkyl or cyclic N) is 1. The summed E-state index contributed by atoms with van der Waals surface area (Å²) in [5.74, 6) is -0.488. The number of alkyl halides is 3. The molecule has 3 aromatic heterocycles. The van der Waals surface area contributed by atoms with Crippen molar-refractivity contribution < 1.29 is 23.1 Å². The van der Waals surface area contributed by atoms with E-state index in [1.54, 1.807) is 0 Å². The highest BCUT2D eigenvalue weighted by Gasteiger charge is 2.34. The van der Waals surface area contributed by atoms with E-state index in [2.05, 4.69) is 15.1 Å². The predicted molar refractivity (Wildman–Crippen MR) is 81.6 cm³/mol. The Labute approximate surface area is 144 Å². The third-order valence-corrected chi connectivity index (χ3v) is 4.25. The molecule has 26 heavy (non-hydrogen) atoms. The summed E-state index contributed by atoms with van der Waals surface area (Å²) in [7, 11) is 0. The molecule has 0 radical (unpaired) electrons. The van der Waals surface area contributed by atoms with Crippen LogP contribution in [0.15, 0.2) is 31.1 Å². The van der Waals surface area contributed by atoms with Gasteiger partial charge in [0.1, 0.15) is 24.0 Å². The normalized spacial score (nSPS) is 18.0. The molecule has 1 aliphatic heterocycles. The van der Waals surface area contributed by atoms with Crippen LogP contribution in [0.2, 0.25) is 0 Å². The topological polar surface area (TPSA) is 88.5 Å². The van der Waals surface area contributed by atoms with E-state index >= 15 is 0 Å². The second kappa shape index (κ2) is 5.80. The number of aliphatic hydroxyl groups excluding tert-OH is 1. The van der Waals surface area contributed by atoms with Crippen LogP contribution < -0.4 is 0 Å². The number of pyridine rings is 1. The molecule has 0 saturated carbocycles. The summed E-state index contributed by atoms with van der Waals surface area (Å²) in [6.07, 6.45) is -0.307. The molecule has 4 rings (SSSR count). The highest BCUT2D eigenvalue weighted by Crippen LogP contribution is 2.32. The van der Waals surface area contributed by atoms with Gasteiger partial charge in [0, 0.05) is 19.3 Å². The molecular weight excluding hydrogens is 353 g/mol. The fourth-order valence-corrected chi connectivity index (χ4v) is 2.97. The lowest BCUT2D eigenvalue weighted by molar-refractivity contribution is -0.137. The van der Waals surface area contributed by atoms with Gasteiger partial charge in [-0.25, -0.2) is 14.6 Å². The van der Waals surface area contributed by atoms with Crippen LogP contribution in [0.4, 0.5) is 13.2 Å². The fraction of sp³-hybridized carbons (Fsp3) is 0.333. The van der Waals surface area contributed by atoms with E-state index in [-0.39, 0.29) is 23.6 Å². The third-order valence-electron chi connectivity index (χ3n) is 4.25. The van der Waals surface area contributed by atoms with Crippen molar-refractivity contribution in [3.8, 4) is 5.69 Å². The number of carbonyl (C=O) groups excluding carboxylic acids is 1. The fourth-order valence-electron chi connectivity index (χ4n) is 2.97. The lowest BCUT2D eigenvalue weighted by Gasteiger charge is -2.16. The van der Waals surface area contributed by atoms with Gasteiger partial charge in [-0.2, -0.15) is 18.3 Å².